The van der Waals surface area contributed by atoms with Gasteiger partial charge in [-0.15, -0.1) is 0 Å². The normalized spacial score (nSPS) is 15.6. The van der Waals surface area contributed by atoms with E-state index in [0.717, 1.165) is 0 Å². The first-order valence-electron chi connectivity index (χ1n) is 9.98. The van der Waals surface area contributed by atoms with E-state index in [1.165, 1.54) is 0 Å². The highest BCUT2D eigenvalue weighted by molar-refractivity contribution is 6.00. The predicted molar refractivity (Wildman–Crippen MR) is 115 cm³/mol. The van der Waals surface area contributed by atoms with Crippen molar-refractivity contribution in [2.75, 3.05) is 6.61 Å². The topological polar surface area (TPSA) is 118 Å². The Labute approximate surface area is 180 Å². The number of rotatable bonds is 9. The van der Waals surface area contributed by atoms with Crippen molar-refractivity contribution >= 4 is 5.78 Å². The molecule has 0 fully saturated rings. The zero-order chi connectivity index (χ0) is 22.4. The van der Waals surface area contributed by atoms with E-state index in [2.05, 4.69) is 0 Å². The number of ketones is 1. The Bertz CT molecular complexity index is 864. The average molecular weight is 422 g/mol. The summed E-state index contributed by atoms with van der Waals surface area (Å²) in [6, 6.07) is 26.6. The first-order valence-corrected chi connectivity index (χ1v) is 9.98. The van der Waals surface area contributed by atoms with Crippen LogP contribution >= 0.6 is 0 Å². The number of Topliss-reactive ketones (excluding diaryl/α,β-unsaturated/α-hetero) is 1. The zero-order valence-corrected chi connectivity index (χ0v) is 16.8. The van der Waals surface area contributed by atoms with Gasteiger partial charge in [-0.1, -0.05) is 91.0 Å². The maximum absolute atomic E-state index is 14.0. The molecule has 3 aromatic rings. The number of carbonyl (C=O) groups excluding carboxylic acids is 1. The van der Waals surface area contributed by atoms with Crippen molar-refractivity contribution in [3.8, 4) is 0 Å². The Balaban J connectivity index is 2.24. The Morgan fingerprint density at radius 1 is 0.645 bits per heavy atom. The molecule has 0 saturated carbocycles. The maximum atomic E-state index is 14.0. The van der Waals surface area contributed by atoms with E-state index in [9.17, 15) is 25.2 Å². The van der Waals surface area contributed by atoms with Crippen LogP contribution in [0.1, 0.15) is 16.7 Å². The molecule has 0 aromatic heterocycles. The number of carbonyl (C=O) groups is 1. The van der Waals surface area contributed by atoms with Crippen molar-refractivity contribution in [2.45, 2.75) is 29.8 Å². The van der Waals surface area contributed by atoms with Crippen LogP contribution in [0.3, 0.4) is 0 Å². The van der Waals surface area contributed by atoms with Crippen molar-refractivity contribution < 1.29 is 30.3 Å². The SMILES string of the molecule is O=C(C(O)C(O)C(O)C(O)CO)C(c1ccccc1)(c1ccccc1)c1ccccc1. The molecule has 3 rings (SSSR count). The first-order chi connectivity index (χ1) is 14.9. The van der Waals surface area contributed by atoms with E-state index in [1.807, 2.05) is 0 Å². The summed E-state index contributed by atoms with van der Waals surface area (Å²) in [7, 11) is 0. The molecule has 0 saturated heterocycles. The van der Waals surface area contributed by atoms with Gasteiger partial charge in [-0.25, -0.2) is 0 Å². The van der Waals surface area contributed by atoms with Gasteiger partial charge in [0.15, 0.2) is 5.78 Å². The summed E-state index contributed by atoms with van der Waals surface area (Å²) in [5.74, 6) is -0.771. The fraction of sp³-hybridized carbons (Fsp3) is 0.240. The first kappa shape index (κ1) is 22.8. The van der Waals surface area contributed by atoms with Gasteiger partial charge in [-0.2, -0.15) is 0 Å². The van der Waals surface area contributed by atoms with Crippen LogP contribution in [0.2, 0.25) is 0 Å². The summed E-state index contributed by atoms with van der Waals surface area (Å²) in [5, 5.41) is 50.2. The van der Waals surface area contributed by atoms with Crippen LogP contribution in [0.4, 0.5) is 0 Å². The largest absolute Gasteiger partial charge is 0.394 e. The van der Waals surface area contributed by atoms with E-state index >= 15 is 0 Å². The minimum Gasteiger partial charge on any atom is -0.394 e. The molecular formula is C25H26O6. The standard InChI is InChI=1S/C25H26O6/c26-16-20(27)21(28)22(29)23(30)24(31)25(17-10-4-1-5-11-17,18-12-6-2-7-13-18)19-14-8-3-9-15-19/h1-15,20-23,26-30H,16H2. The second kappa shape index (κ2) is 9.96. The van der Waals surface area contributed by atoms with Gasteiger partial charge >= 0.3 is 0 Å². The minimum absolute atomic E-state index is 0.570. The highest BCUT2D eigenvalue weighted by atomic mass is 16.4. The monoisotopic (exact) mass is 422 g/mol. The Morgan fingerprint density at radius 3 is 1.32 bits per heavy atom. The maximum Gasteiger partial charge on any atom is 0.183 e. The van der Waals surface area contributed by atoms with E-state index in [1.54, 1.807) is 91.0 Å². The third kappa shape index (κ3) is 4.30. The number of hydrogen-bond acceptors (Lipinski definition) is 6. The summed E-state index contributed by atoms with van der Waals surface area (Å²) in [5.41, 5.74) is 0.219. The molecule has 0 heterocycles. The van der Waals surface area contributed by atoms with E-state index in [0.29, 0.717) is 16.7 Å². The van der Waals surface area contributed by atoms with Gasteiger partial charge in [0.25, 0.3) is 0 Å². The summed E-state index contributed by atoms with van der Waals surface area (Å²) >= 11 is 0. The lowest BCUT2D eigenvalue weighted by molar-refractivity contribution is -0.149. The molecule has 0 aliphatic rings. The van der Waals surface area contributed by atoms with Crippen molar-refractivity contribution in [3.63, 3.8) is 0 Å². The lowest BCUT2D eigenvalue weighted by atomic mass is 9.64. The van der Waals surface area contributed by atoms with Crippen LogP contribution in [-0.4, -0.2) is 62.3 Å². The van der Waals surface area contributed by atoms with Crippen molar-refractivity contribution in [1.29, 1.82) is 0 Å². The fourth-order valence-corrected chi connectivity index (χ4v) is 3.89. The van der Waals surface area contributed by atoms with Gasteiger partial charge in [0.05, 0.1) is 6.61 Å². The fourth-order valence-electron chi connectivity index (χ4n) is 3.89. The Kier molecular flexibility index (Phi) is 7.33. The molecule has 162 valence electrons. The minimum atomic E-state index is -2.04. The lowest BCUT2D eigenvalue weighted by Gasteiger charge is -2.37. The van der Waals surface area contributed by atoms with Gasteiger partial charge in [-0.05, 0) is 16.7 Å². The molecule has 4 atom stereocenters. The molecule has 3 aromatic carbocycles. The molecule has 0 bridgehead atoms. The van der Waals surface area contributed by atoms with Crippen molar-refractivity contribution in [2.24, 2.45) is 0 Å². The smallest absolute Gasteiger partial charge is 0.183 e. The molecule has 0 aliphatic carbocycles. The van der Waals surface area contributed by atoms with Crippen molar-refractivity contribution in [1.82, 2.24) is 0 Å². The molecule has 0 spiro atoms. The number of benzene rings is 3. The zero-order valence-electron chi connectivity index (χ0n) is 16.8. The average Bonchev–Trinajstić information content (AvgIpc) is 2.84. The third-order valence-electron chi connectivity index (χ3n) is 5.51. The van der Waals surface area contributed by atoms with Gasteiger partial charge in [0, 0.05) is 0 Å². The van der Waals surface area contributed by atoms with Crippen LogP contribution in [0.25, 0.3) is 0 Å². The Hall–Kier alpha value is -2.87. The molecule has 0 amide bonds. The van der Waals surface area contributed by atoms with Gasteiger partial charge in [0.2, 0.25) is 0 Å². The van der Waals surface area contributed by atoms with Crippen LogP contribution in [0, 0.1) is 0 Å². The molecule has 0 radical (unpaired) electrons. The second-order valence-electron chi connectivity index (χ2n) is 7.39. The van der Waals surface area contributed by atoms with Crippen LogP contribution in [0.5, 0.6) is 0 Å². The van der Waals surface area contributed by atoms with Crippen LogP contribution < -0.4 is 0 Å². The van der Waals surface area contributed by atoms with E-state index in [4.69, 9.17) is 5.11 Å². The molecular weight excluding hydrogens is 396 g/mol. The molecule has 31 heavy (non-hydrogen) atoms. The number of hydrogen-bond donors (Lipinski definition) is 5. The quantitative estimate of drug-likeness (QED) is 0.329. The van der Waals surface area contributed by atoms with Crippen molar-refractivity contribution in [3.05, 3.63) is 108 Å². The van der Waals surface area contributed by atoms with Crippen LogP contribution in [0.15, 0.2) is 91.0 Å². The molecule has 4 unspecified atom stereocenters. The number of aliphatic hydroxyl groups excluding tert-OH is 5. The Morgan fingerprint density at radius 2 is 1.00 bits per heavy atom. The molecule has 0 aliphatic heterocycles. The van der Waals surface area contributed by atoms with Gasteiger partial charge in [-0.3, -0.25) is 4.79 Å². The molecule has 5 N–H and O–H groups in total. The number of aliphatic hydroxyl groups is 5. The van der Waals surface area contributed by atoms with E-state index < -0.39 is 42.2 Å². The summed E-state index contributed by atoms with van der Waals surface area (Å²) < 4.78 is 0. The van der Waals surface area contributed by atoms with Gasteiger partial charge < -0.3 is 25.5 Å². The highest BCUT2D eigenvalue weighted by Crippen LogP contribution is 2.41. The van der Waals surface area contributed by atoms with Crippen LogP contribution in [-0.2, 0) is 10.2 Å². The third-order valence-corrected chi connectivity index (χ3v) is 5.51. The molecule has 6 nitrogen and oxygen atoms in total. The lowest BCUT2D eigenvalue weighted by Crippen LogP contribution is -2.54. The summed E-state index contributed by atoms with van der Waals surface area (Å²) in [6.45, 7) is -0.833. The van der Waals surface area contributed by atoms with Gasteiger partial charge in [0.1, 0.15) is 29.8 Å². The summed E-state index contributed by atoms with van der Waals surface area (Å²) in [4.78, 5) is 14.0. The predicted octanol–water partition coefficient (Wildman–Crippen LogP) is 1.03. The van der Waals surface area contributed by atoms with E-state index in [-0.39, 0.29) is 0 Å². The highest BCUT2D eigenvalue weighted by Gasteiger charge is 2.49. The second-order valence-corrected chi connectivity index (χ2v) is 7.39. The summed E-state index contributed by atoms with van der Waals surface area (Å²) in [6.07, 6.45) is -7.68. The molecule has 6 heteroatoms.